The van der Waals surface area contributed by atoms with E-state index in [2.05, 4.69) is 16.4 Å². The third-order valence-electron chi connectivity index (χ3n) is 9.06. The summed E-state index contributed by atoms with van der Waals surface area (Å²) in [7, 11) is 0. The Morgan fingerprint density at radius 1 is 0.894 bits per heavy atom. The molecule has 3 heterocycles. The fourth-order valence-electron chi connectivity index (χ4n) is 6.71. The van der Waals surface area contributed by atoms with Gasteiger partial charge in [0.1, 0.15) is 12.2 Å². The summed E-state index contributed by atoms with van der Waals surface area (Å²) in [5.74, 6) is -10.5. The zero-order valence-corrected chi connectivity index (χ0v) is 25.3. The minimum Gasteiger partial charge on any atom is -0.271 e. The molecule has 3 aromatic rings. The lowest BCUT2D eigenvalue weighted by Gasteiger charge is -2.30. The van der Waals surface area contributed by atoms with Crippen LogP contribution in [0.15, 0.2) is 75.6 Å². The number of nitrogens with zero attached hydrogens (tertiary/aromatic N) is 6. The number of imide groups is 1. The fraction of sp³-hybridized carbons (Fsp3) is 0.294. The molecular weight excluding hydrogens is 616 g/mol. The lowest BCUT2D eigenvalue weighted by Crippen LogP contribution is -2.45. The Kier molecular flexibility index (Phi) is 7.48. The first kappa shape index (κ1) is 30.5. The number of halogens is 4. The summed E-state index contributed by atoms with van der Waals surface area (Å²) >= 11 is 0. The van der Waals surface area contributed by atoms with Gasteiger partial charge in [0, 0.05) is 12.0 Å². The zero-order chi connectivity index (χ0) is 33.1. The first-order valence-corrected chi connectivity index (χ1v) is 15.2. The summed E-state index contributed by atoms with van der Waals surface area (Å²) in [4.78, 5) is 40.6. The van der Waals surface area contributed by atoms with Crippen LogP contribution in [0.3, 0.4) is 0 Å². The second-order valence-electron chi connectivity index (χ2n) is 12.2. The molecule has 0 aromatic heterocycles. The minimum atomic E-state index is -1.91. The number of amides is 3. The van der Waals surface area contributed by atoms with Gasteiger partial charge in [0.15, 0.2) is 35.4 Å². The second-order valence-corrected chi connectivity index (χ2v) is 12.2. The molecule has 4 atom stereocenters. The van der Waals surface area contributed by atoms with Crippen molar-refractivity contribution in [2.75, 3.05) is 11.4 Å². The van der Waals surface area contributed by atoms with E-state index < -0.39 is 71.3 Å². The quantitative estimate of drug-likeness (QED) is 0.194. The number of fused-ring (bicyclic) bond motifs is 2. The number of benzene rings is 3. The summed E-state index contributed by atoms with van der Waals surface area (Å²) in [6, 6.07) is 12.3. The SMILES string of the molecule is Cc1ccc(/C=C2/CCCC3C2=NN(C(=O)CN2N=NC4C(=O)N(c5c(F)c(F)cc(F)c5F)C(=O)C42)C3c2ccc(C)cc2)cc1. The average Bonchev–Trinajstić information content (AvgIpc) is 3.72. The van der Waals surface area contributed by atoms with Crippen molar-refractivity contribution < 1.29 is 31.9 Å². The highest BCUT2D eigenvalue weighted by Gasteiger charge is 2.57. The Hall–Kier alpha value is -5.20. The van der Waals surface area contributed by atoms with E-state index in [1.807, 2.05) is 62.4 Å². The summed E-state index contributed by atoms with van der Waals surface area (Å²) in [5, 5.41) is 14.8. The van der Waals surface area contributed by atoms with Gasteiger partial charge in [-0.15, -0.1) is 0 Å². The van der Waals surface area contributed by atoms with Gasteiger partial charge in [-0.2, -0.15) is 10.2 Å². The van der Waals surface area contributed by atoms with Gasteiger partial charge in [-0.05, 0) is 55.9 Å². The number of hydrazone groups is 1. The van der Waals surface area contributed by atoms with E-state index in [0.29, 0.717) is 0 Å². The van der Waals surface area contributed by atoms with Crippen LogP contribution in [-0.2, 0) is 14.4 Å². The Labute approximate surface area is 266 Å². The van der Waals surface area contributed by atoms with Gasteiger partial charge >= 0.3 is 0 Å². The first-order valence-electron chi connectivity index (χ1n) is 15.2. The molecule has 3 amide bonds. The fourth-order valence-corrected chi connectivity index (χ4v) is 6.71. The number of hydrogen-bond acceptors (Lipinski definition) is 7. The number of aryl methyl sites for hydroxylation is 2. The van der Waals surface area contributed by atoms with Crippen LogP contribution in [0.4, 0.5) is 23.2 Å². The van der Waals surface area contributed by atoms with E-state index in [4.69, 9.17) is 5.10 Å². The van der Waals surface area contributed by atoms with Crippen LogP contribution < -0.4 is 4.90 Å². The highest BCUT2D eigenvalue weighted by molar-refractivity contribution is 6.25. The molecule has 7 rings (SSSR count). The monoisotopic (exact) mass is 644 g/mol. The third-order valence-corrected chi connectivity index (χ3v) is 9.06. The van der Waals surface area contributed by atoms with Crippen LogP contribution >= 0.6 is 0 Å². The van der Waals surface area contributed by atoms with E-state index in [0.717, 1.165) is 57.8 Å². The molecule has 0 spiro atoms. The van der Waals surface area contributed by atoms with Gasteiger partial charge in [-0.25, -0.2) is 27.5 Å². The van der Waals surface area contributed by atoms with Crippen molar-refractivity contribution in [3.05, 3.63) is 106 Å². The normalized spacial score (nSPS) is 24.3. The van der Waals surface area contributed by atoms with Gasteiger partial charge in [-0.1, -0.05) is 64.9 Å². The van der Waals surface area contributed by atoms with Crippen LogP contribution in [0.1, 0.15) is 47.6 Å². The number of anilines is 1. The lowest BCUT2D eigenvalue weighted by atomic mass is 9.77. The van der Waals surface area contributed by atoms with E-state index in [1.165, 1.54) is 5.01 Å². The maximum atomic E-state index is 14.6. The van der Waals surface area contributed by atoms with Crippen LogP contribution in [0.2, 0.25) is 0 Å². The van der Waals surface area contributed by atoms with Gasteiger partial charge in [0.2, 0.25) is 0 Å². The molecule has 1 aliphatic carbocycles. The highest BCUT2D eigenvalue weighted by Crippen LogP contribution is 2.45. The van der Waals surface area contributed by atoms with Crippen molar-refractivity contribution >= 4 is 35.2 Å². The standard InChI is InChI=1S/C34H28F4N6O3/c1-17-6-10-19(11-7-17)14-21-4-3-5-22-28(21)40-44(30(22)20-12-8-18(2)9-13-20)25(45)16-42-32-29(39-41-42)33(46)43(34(32)47)31-26(37)23(35)15-24(36)27(31)38/h6-15,22,29-30,32H,3-5,16H2,1-2H3/b21-14-. The van der Waals surface area contributed by atoms with Crippen molar-refractivity contribution in [3.63, 3.8) is 0 Å². The summed E-state index contributed by atoms with van der Waals surface area (Å²) < 4.78 is 57.2. The van der Waals surface area contributed by atoms with Crippen LogP contribution in [0, 0.1) is 43.0 Å². The van der Waals surface area contributed by atoms with Gasteiger partial charge in [0.25, 0.3) is 17.7 Å². The molecule has 4 aliphatic rings. The van der Waals surface area contributed by atoms with E-state index >= 15 is 0 Å². The second kappa shape index (κ2) is 11.6. The molecule has 2 fully saturated rings. The van der Waals surface area contributed by atoms with E-state index in [-0.39, 0.29) is 16.9 Å². The molecule has 4 unspecified atom stereocenters. The van der Waals surface area contributed by atoms with E-state index in [1.54, 1.807) is 0 Å². The minimum absolute atomic E-state index is 0.0221. The molecule has 1 saturated heterocycles. The van der Waals surface area contributed by atoms with Gasteiger partial charge < -0.3 is 0 Å². The highest BCUT2D eigenvalue weighted by atomic mass is 19.2. The van der Waals surface area contributed by atoms with Crippen LogP contribution in [0.5, 0.6) is 0 Å². The third kappa shape index (κ3) is 5.09. The van der Waals surface area contributed by atoms with Crippen LogP contribution in [-0.4, -0.2) is 52.1 Å². The molecule has 0 bridgehead atoms. The number of carbonyl (C=O) groups excluding carboxylic acids is 3. The van der Waals surface area contributed by atoms with Crippen molar-refractivity contribution in [3.8, 4) is 0 Å². The molecule has 9 nitrogen and oxygen atoms in total. The topological polar surface area (TPSA) is 98.0 Å². The molecule has 0 N–H and O–H groups in total. The van der Waals surface area contributed by atoms with Gasteiger partial charge in [0.05, 0.1) is 11.8 Å². The smallest absolute Gasteiger partial charge is 0.264 e. The number of rotatable bonds is 5. The Morgan fingerprint density at radius 3 is 2.19 bits per heavy atom. The largest absolute Gasteiger partial charge is 0.271 e. The number of carbonyl (C=O) groups is 3. The summed E-state index contributed by atoms with van der Waals surface area (Å²) in [6.45, 7) is 3.42. The Balaban J connectivity index is 1.20. The molecule has 0 radical (unpaired) electrons. The maximum absolute atomic E-state index is 14.6. The van der Waals surface area contributed by atoms with Gasteiger partial charge in [-0.3, -0.25) is 19.4 Å². The van der Waals surface area contributed by atoms with E-state index in [9.17, 15) is 31.9 Å². The van der Waals surface area contributed by atoms with Crippen LogP contribution in [0.25, 0.3) is 6.08 Å². The average molecular weight is 645 g/mol. The van der Waals surface area contributed by atoms with Crippen molar-refractivity contribution in [1.29, 1.82) is 0 Å². The molecule has 3 aliphatic heterocycles. The Morgan fingerprint density at radius 2 is 1.53 bits per heavy atom. The molecule has 1 saturated carbocycles. The number of hydrogen-bond donors (Lipinski definition) is 0. The lowest BCUT2D eigenvalue weighted by molar-refractivity contribution is -0.136. The van der Waals surface area contributed by atoms with Crippen molar-refractivity contribution in [2.45, 2.75) is 51.2 Å². The molecule has 13 heteroatoms. The first-order chi connectivity index (χ1) is 22.5. The maximum Gasteiger partial charge on any atom is 0.264 e. The van der Waals surface area contributed by atoms with Crippen molar-refractivity contribution in [2.24, 2.45) is 21.4 Å². The number of allylic oxidation sites excluding steroid dienone is 1. The summed E-state index contributed by atoms with van der Waals surface area (Å²) in [5.41, 5.74) is 4.37. The molecule has 3 aromatic carbocycles. The molecule has 47 heavy (non-hydrogen) atoms. The van der Waals surface area contributed by atoms with Crippen molar-refractivity contribution in [1.82, 2.24) is 10.0 Å². The molecular formula is C34H28F4N6O3. The predicted octanol–water partition coefficient (Wildman–Crippen LogP) is 5.98. The molecule has 240 valence electrons. The predicted molar refractivity (Wildman–Crippen MR) is 163 cm³/mol. The summed E-state index contributed by atoms with van der Waals surface area (Å²) in [6.07, 6.45) is 4.52. The zero-order valence-electron chi connectivity index (χ0n) is 25.3. The Bertz CT molecular complexity index is 1880.